The standard InChI is InChI=1S/C13H11BrN2O2S/c14-10-7-15-8-16-13(10)19-9-2-3-11-12(6-9)18-5-1-4-17-11/h2-3,6-8H,1,4-5H2. The zero-order valence-corrected chi connectivity index (χ0v) is 12.4. The highest BCUT2D eigenvalue weighted by Gasteiger charge is 2.12. The molecule has 0 amide bonds. The lowest BCUT2D eigenvalue weighted by Crippen LogP contribution is -1.97. The molecule has 1 aromatic heterocycles. The van der Waals surface area contributed by atoms with Crippen molar-refractivity contribution in [3.05, 3.63) is 35.2 Å². The minimum absolute atomic E-state index is 0.693. The van der Waals surface area contributed by atoms with Gasteiger partial charge < -0.3 is 9.47 Å². The molecule has 19 heavy (non-hydrogen) atoms. The Hall–Kier alpha value is -1.27. The first kappa shape index (κ1) is 12.7. The normalized spacial score (nSPS) is 13.9. The molecule has 4 nitrogen and oxygen atoms in total. The predicted octanol–water partition coefficient (Wildman–Crippen LogP) is 3.55. The second-order valence-electron chi connectivity index (χ2n) is 3.94. The first-order valence-corrected chi connectivity index (χ1v) is 7.47. The Labute approximate surface area is 123 Å². The Morgan fingerprint density at radius 2 is 2.00 bits per heavy atom. The van der Waals surface area contributed by atoms with Gasteiger partial charge in [0.2, 0.25) is 0 Å². The number of aromatic nitrogens is 2. The summed E-state index contributed by atoms with van der Waals surface area (Å²) in [6.07, 6.45) is 4.18. The van der Waals surface area contributed by atoms with Crippen LogP contribution in [0.3, 0.4) is 0 Å². The van der Waals surface area contributed by atoms with Crippen LogP contribution in [0.15, 0.2) is 45.1 Å². The van der Waals surface area contributed by atoms with Gasteiger partial charge in [-0.15, -0.1) is 0 Å². The Bertz CT molecular complexity index is 595. The summed E-state index contributed by atoms with van der Waals surface area (Å²) in [5.74, 6) is 1.61. The fourth-order valence-electron chi connectivity index (χ4n) is 1.70. The van der Waals surface area contributed by atoms with Crippen molar-refractivity contribution in [2.45, 2.75) is 16.3 Å². The molecule has 0 fully saturated rings. The van der Waals surface area contributed by atoms with Crippen LogP contribution in [0, 0.1) is 0 Å². The van der Waals surface area contributed by atoms with Crippen molar-refractivity contribution < 1.29 is 9.47 Å². The van der Waals surface area contributed by atoms with Crippen LogP contribution in [0.25, 0.3) is 0 Å². The summed E-state index contributed by atoms with van der Waals surface area (Å²) in [6.45, 7) is 1.40. The minimum atomic E-state index is 0.693. The van der Waals surface area contributed by atoms with Gasteiger partial charge in [0.1, 0.15) is 11.4 Å². The molecule has 6 heteroatoms. The van der Waals surface area contributed by atoms with Crippen LogP contribution in [0.5, 0.6) is 11.5 Å². The molecular formula is C13H11BrN2O2S. The smallest absolute Gasteiger partial charge is 0.162 e. The van der Waals surface area contributed by atoms with E-state index >= 15 is 0 Å². The molecule has 0 bridgehead atoms. The molecular weight excluding hydrogens is 328 g/mol. The molecule has 1 aromatic carbocycles. The molecule has 0 N–H and O–H groups in total. The Morgan fingerprint density at radius 3 is 2.84 bits per heavy atom. The fraction of sp³-hybridized carbons (Fsp3) is 0.231. The molecule has 1 aliphatic rings. The highest BCUT2D eigenvalue weighted by molar-refractivity contribution is 9.10. The number of benzene rings is 1. The van der Waals surface area contributed by atoms with Gasteiger partial charge in [0.25, 0.3) is 0 Å². The maximum absolute atomic E-state index is 5.67. The largest absolute Gasteiger partial charge is 0.490 e. The maximum atomic E-state index is 5.67. The quantitative estimate of drug-likeness (QED) is 0.783. The lowest BCUT2D eigenvalue weighted by Gasteiger charge is -2.09. The predicted molar refractivity (Wildman–Crippen MR) is 75.9 cm³/mol. The third kappa shape index (κ3) is 3.01. The summed E-state index contributed by atoms with van der Waals surface area (Å²) >= 11 is 5.00. The van der Waals surface area contributed by atoms with Gasteiger partial charge in [-0.05, 0) is 34.1 Å². The van der Waals surface area contributed by atoms with E-state index in [9.17, 15) is 0 Å². The van der Waals surface area contributed by atoms with E-state index in [1.54, 1.807) is 18.0 Å². The van der Waals surface area contributed by atoms with Crippen LogP contribution in [-0.4, -0.2) is 23.2 Å². The van der Waals surface area contributed by atoms with Gasteiger partial charge in [-0.3, -0.25) is 0 Å². The minimum Gasteiger partial charge on any atom is -0.490 e. The van der Waals surface area contributed by atoms with Crippen LogP contribution in [-0.2, 0) is 0 Å². The summed E-state index contributed by atoms with van der Waals surface area (Å²) in [5, 5.41) is 0.879. The third-order valence-electron chi connectivity index (χ3n) is 2.57. The number of ether oxygens (including phenoxy) is 2. The number of hydrogen-bond donors (Lipinski definition) is 0. The van der Waals surface area contributed by atoms with Crippen molar-refractivity contribution in [1.29, 1.82) is 0 Å². The van der Waals surface area contributed by atoms with Gasteiger partial charge in [0.05, 0.1) is 17.7 Å². The van der Waals surface area contributed by atoms with Crippen LogP contribution in [0.1, 0.15) is 6.42 Å². The molecule has 0 atom stereocenters. The molecule has 2 heterocycles. The molecule has 1 aliphatic heterocycles. The third-order valence-corrected chi connectivity index (χ3v) is 4.42. The lowest BCUT2D eigenvalue weighted by atomic mass is 10.3. The molecule has 98 valence electrons. The second kappa shape index (κ2) is 5.79. The summed E-state index contributed by atoms with van der Waals surface area (Å²) in [7, 11) is 0. The number of halogens is 1. The van der Waals surface area contributed by atoms with E-state index in [2.05, 4.69) is 25.9 Å². The number of fused-ring (bicyclic) bond motifs is 1. The molecule has 0 spiro atoms. The van der Waals surface area contributed by atoms with E-state index in [1.807, 2.05) is 18.2 Å². The molecule has 2 aromatic rings. The molecule has 0 unspecified atom stereocenters. The van der Waals surface area contributed by atoms with Crippen molar-refractivity contribution in [2.24, 2.45) is 0 Å². The van der Waals surface area contributed by atoms with Gasteiger partial charge in [-0.1, -0.05) is 11.8 Å². The monoisotopic (exact) mass is 338 g/mol. The van der Waals surface area contributed by atoms with E-state index in [1.165, 1.54) is 6.33 Å². The summed E-state index contributed by atoms with van der Waals surface area (Å²) < 4.78 is 12.2. The zero-order valence-electron chi connectivity index (χ0n) is 10.0. The topological polar surface area (TPSA) is 44.2 Å². The number of hydrogen-bond acceptors (Lipinski definition) is 5. The maximum Gasteiger partial charge on any atom is 0.162 e. The summed E-state index contributed by atoms with van der Waals surface area (Å²) in [4.78, 5) is 9.25. The van der Waals surface area contributed by atoms with Gasteiger partial charge in [0, 0.05) is 17.5 Å². The number of rotatable bonds is 2. The van der Waals surface area contributed by atoms with Crippen molar-refractivity contribution in [3.63, 3.8) is 0 Å². The Kier molecular flexibility index (Phi) is 3.89. The van der Waals surface area contributed by atoms with Gasteiger partial charge in [0.15, 0.2) is 11.5 Å². The van der Waals surface area contributed by atoms with Crippen molar-refractivity contribution in [1.82, 2.24) is 9.97 Å². The Morgan fingerprint density at radius 1 is 1.16 bits per heavy atom. The Balaban J connectivity index is 1.86. The van der Waals surface area contributed by atoms with E-state index in [-0.39, 0.29) is 0 Å². The molecule has 0 saturated carbocycles. The van der Waals surface area contributed by atoms with Crippen LogP contribution in [0.2, 0.25) is 0 Å². The zero-order chi connectivity index (χ0) is 13.1. The molecule has 3 rings (SSSR count). The molecule has 0 saturated heterocycles. The first-order valence-electron chi connectivity index (χ1n) is 5.86. The second-order valence-corrected chi connectivity index (χ2v) is 5.85. The van der Waals surface area contributed by atoms with Crippen molar-refractivity contribution in [3.8, 4) is 11.5 Å². The summed E-state index contributed by atoms with van der Waals surface area (Å²) in [6, 6.07) is 5.94. The fourth-order valence-corrected chi connectivity index (χ4v) is 2.93. The number of nitrogens with zero attached hydrogens (tertiary/aromatic N) is 2. The van der Waals surface area contributed by atoms with Crippen molar-refractivity contribution in [2.75, 3.05) is 13.2 Å². The first-order chi connectivity index (χ1) is 9.33. The summed E-state index contributed by atoms with van der Waals surface area (Å²) in [5.41, 5.74) is 0. The van der Waals surface area contributed by atoms with Crippen LogP contribution < -0.4 is 9.47 Å². The van der Waals surface area contributed by atoms with E-state index in [0.29, 0.717) is 13.2 Å². The SMILES string of the molecule is Brc1cncnc1Sc1ccc2c(c1)OCCCO2. The molecule has 0 radical (unpaired) electrons. The van der Waals surface area contributed by atoms with Crippen LogP contribution in [0.4, 0.5) is 0 Å². The highest BCUT2D eigenvalue weighted by atomic mass is 79.9. The lowest BCUT2D eigenvalue weighted by molar-refractivity contribution is 0.297. The average molecular weight is 339 g/mol. The van der Waals surface area contributed by atoms with Crippen molar-refractivity contribution >= 4 is 27.7 Å². The van der Waals surface area contributed by atoms with Gasteiger partial charge in [-0.25, -0.2) is 9.97 Å². The van der Waals surface area contributed by atoms with E-state index in [4.69, 9.17) is 9.47 Å². The van der Waals surface area contributed by atoms with Crippen LogP contribution >= 0.6 is 27.7 Å². The van der Waals surface area contributed by atoms with E-state index in [0.717, 1.165) is 32.3 Å². The highest BCUT2D eigenvalue weighted by Crippen LogP contribution is 2.37. The average Bonchev–Trinajstić information content (AvgIpc) is 2.66. The van der Waals surface area contributed by atoms with Gasteiger partial charge in [-0.2, -0.15) is 0 Å². The van der Waals surface area contributed by atoms with Gasteiger partial charge >= 0.3 is 0 Å². The molecule has 0 aliphatic carbocycles. The van der Waals surface area contributed by atoms with E-state index < -0.39 is 0 Å².